The molecule has 1 N–H and O–H groups in total. The highest BCUT2D eigenvalue weighted by molar-refractivity contribution is 5.30. The first-order valence-corrected chi connectivity index (χ1v) is 7.46. The minimum atomic E-state index is 0.204. The molecule has 0 fully saturated rings. The van der Waals surface area contributed by atoms with Gasteiger partial charge in [0.1, 0.15) is 0 Å². The van der Waals surface area contributed by atoms with Crippen LogP contribution in [0.2, 0.25) is 0 Å². The molecule has 0 saturated heterocycles. The highest BCUT2D eigenvalue weighted by Crippen LogP contribution is 2.25. The molecule has 114 valence electrons. The van der Waals surface area contributed by atoms with Crippen molar-refractivity contribution in [2.45, 2.75) is 54.1 Å². The third-order valence-electron chi connectivity index (χ3n) is 3.72. The maximum Gasteiger partial charge on any atom is 0.225 e. The van der Waals surface area contributed by atoms with Gasteiger partial charge in [-0.05, 0) is 24.8 Å². The van der Waals surface area contributed by atoms with E-state index in [1.54, 1.807) is 0 Å². The molecule has 4 nitrogen and oxygen atoms in total. The summed E-state index contributed by atoms with van der Waals surface area (Å²) in [5, 5.41) is 3.40. The van der Waals surface area contributed by atoms with Gasteiger partial charge < -0.3 is 10.2 Å². The Bertz CT molecular complexity index is 392. The lowest BCUT2D eigenvalue weighted by Crippen LogP contribution is -2.40. The molecule has 1 aromatic heterocycles. The zero-order valence-electron chi connectivity index (χ0n) is 14.1. The Morgan fingerprint density at radius 1 is 1.15 bits per heavy atom. The highest BCUT2D eigenvalue weighted by Gasteiger charge is 2.25. The predicted molar refractivity (Wildman–Crippen MR) is 85.9 cm³/mol. The standard InChI is InChI=1S/C16H30N4/c1-12(2)8-17-9-14-10-18-15(19-11-14)20(7)13(3)16(4,5)6/h10-13,17H,8-9H2,1-7H3. The summed E-state index contributed by atoms with van der Waals surface area (Å²) < 4.78 is 0. The van der Waals surface area contributed by atoms with E-state index >= 15 is 0 Å². The Labute approximate surface area is 124 Å². The van der Waals surface area contributed by atoms with Crippen LogP contribution in [0.1, 0.15) is 47.1 Å². The molecule has 0 aromatic carbocycles. The number of anilines is 1. The number of rotatable bonds is 6. The molecule has 0 aliphatic rings. The van der Waals surface area contributed by atoms with Gasteiger partial charge in [-0.25, -0.2) is 9.97 Å². The molecule has 0 aliphatic heterocycles. The van der Waals surface area contributed by atoms with Gasteiger partial charge in [0.2, 0.25) is 5.95 Å². The first-order chi connectivity index (χ1) is 9.21. The summed E-state index contributed by atoms with van der Waals surface area (Å²) in [6, 6.07) is 0.382. The van der Waals surface area contributed by atoms with E-state index in [-0.39, 0.29) is 5.41 Å². The molecule has 1 heterocycles. The summed E-state index contributed by atoms with van der Waals surface area (Å²) in [6.07, 6.45) is 3.84. The van der Waals surface area contributed by atoms with Crippen LogP contribution in [0, 0.1) is 11.3 Å². The fraction of sp³-hybridized carbons (Fsp3) is 0.750. The fourth-order valence-electron chi connectivity index (χ4n) is 1.88. The monoisotopic (exact) mass is 278 g/mol. The maximum absolute atomic E-state index is 4.49. The van der Waals surface area contributed by atoms with Crippen molar-refractivity contribution in [3.8, 4) is 0 Å². The van der Waals surface area contributed by atoms with Crippen LogP contribution < -0.4 is 10.2 Å². The van der Waals surface area contributed by atoms with E-state index in [2.05, 4.69) is 68.8 Å². The van der Waals surface area contributed by atoms with E-state index in [1.807, 2.05) is 12.4 Å². The largest absolute Gasteiger partial charge is 0.341 e. The number of hydrogen-bond donors (Lipinski definition) is 1. The summed E-state index contributed by atoms with van der Waals surface area (Å²) in [7, 11) is 2.06. The van der Waals surface area contributed by atoms with Crippen LogP contribution in [0.4, 0.5) is 5.95 Å². The topological polar surface area (TPSA) is 41.1 Å². The van der Waals surface area contributed by atoms with Crippen molar-refractivity contribution in [3.63, 3.8) is 0 Å². The van der Waals surface area contributed by atoms with Crippen molar-refractivity contribution in [1.82, 2.24) is 15.3 Å². The third kappa shape index (κ3) is 5.08. The average Bonchev–Trinajstić information content (AvgIpc) is 2.36. The predicted octanol–water partition coefficient (Wildman–Crippen LogP) is 3.09. The van der Waals surface area contributed by atoms with E-state index < -0.39 is 0 Å². The molecule has 0 spiro atoms. The van der Waals surface area contributed by atoms with Gasteiger partial charge in [0.15, 0.2) is 0 Å². The Morgan fingerprint density at radius 3 is 2.15 bits per heavy atom. The Hall–Kier alpha value is -1.16. The molecule has 0 amide bonds. The van der Waals surface area contributed by atoms with Gasteiger partial charge in [-0.3, -0.25) is 0 Å². The Balaban J connectivity index is 2.62. The quantitative estimate of drug-likeness (QED) is 0.868. The first kappa shape index (κ1) is 16.9. The third-order valence-corrected chi connectivity index (χ3v) is 3.72. The van der Waals surface area contributed by atoms with Crippen molar-refractivity contribution in [1.29, 1.82) is 0 Å². The fourth-order valence-corrected chi connectivity index (χ4v) is 1.88. The van der Waals surface area contributed by atoms with Gasteiger partial charge in [0.25, 0.3) is 0 Å². The van der Waals surface area contributed by atoms with Crippen LogP contribution in [-0.4, -0.2) is 29.6 Å². The van der Waals surface area contributed by atoms with Crippen molar-refractivity contribution in [2.24, 2.45) is 11.3 Å². The second kappa shape index (κ2) is 7.02. The number of nitrogens with zero attached hydrogens (tertiary/aromatic N) is 3. The lowest BCUT2D eigenvalue weighted by Gasteiger charge is -2.35. The number of nitrogens with one attached hydrogen (secondary N) is 1. The second-order valence-electron chi connectivity index (χ2n) is 7.07. The SMILES string of the molecule is CC(C)CNCc1cnc(N(C)C(C)C(C)(C)C)nc1. The number of hydrogen-bond acceptors (Lipinski definition) is 4. The number of aromatic nitrogens is 2. The lowest BCUT2D eigenvalue weighted by atomic mass is 9.87. The zero-order valence-corrected chi connectivity index (χ0v) is 14.1. The lowest BCUT2D eigenvalue weighted by molar-refractivity contribution is 0.327. The molecule has 1 aromatic rings. The Kier molecular flexibility index (Phi) is 5.93. The van der Waals surface area contributed by atoms with Gasteiger partial charge in [0.05, 0.1) is 0 Å². The summed E-state index contributed by atoms with van der Waals surface area (Å²) >= 11 is 0. The Morgan fingerprint density at radius 2 is 1.70 bits per heavy atom. The molecule has 0 saturated carbocycles. The molecule has 0 aliphatic carbocycles. The highest BCUT2D eigenvalue weighted by atomic mass is 15.3. The molecule has 0 bridgehead atoms. The zero-order chi connectivity index (χ0) is 15.3. The van der Waals surface area contributed by atoms with Crippen LogP contribution in [-0.2, 0) is 6.54 Å². The maximum atomic E-state index is 4.49. The summed E-state index contributed by atoms with van der Waals surface area (Å²) in [5.74, 6) is 1.45. The van der Waals surface area contributed by atoms with Gasteiger partial charge >= 0.3 is 0 Å². The molecule has 1 atom stereocenters. The minimum absolute atomic E-state index is 0.204. The molecular weight excluding hydrogens is 248 g/mol. The summed E-state index contributed by atoms with van der Waals surface area (Å²) in [6.45, 7) is 15.2. The smallest absolute Gasteiger partial charge is 0.225 e. The van der Waals surface area contributed by atoms with Crippen molar-refractivity contribution >= 4 is 5.95 Å². The van der Waals surface area contributed by atoms with E-state index in [9.17, 15) is 0 Å². The summed E-state index contributed by atoms with van der Waals surface area (Å²) in [4.78, 5) is 11.1. The first-order valence-electron chi connectivity index (χ1n) is 7.46. The van der Waals surface area contributed by atoms with Crippen LogP contribution in [0.25, 0.3) is 0 Å². The van der Waals surface area contributed by atoms with E-state index in [4.69, 9.17) is 0 Å². The molecule has 4 heteroatoms. The normalized spacial score (nSPS) is 13.6. The van der Waals surface area contributed by atoms with Gasteiger partial charge in [-0.15, -0.1) is 0 Å². The van der Waals surface area contributed by atoms with Crippen LogP contribution in [0.3, 0.4) is 0 Å². The van der Waals surface area contributed by atoms with Gasteiger partial charge in [0, 0.05) is 37.6 Å². The molecule has 1 rings (SSSR count). The van der Waals surface area contributed by atoms with Gasteiger partial charge in [-0.1, -0.05) is 34.6 Å². The molecule has 20 heavy (non-hydrogen) atoms. The minimum Gasteiger partial charge on any atom is -0.341 e. The van der Waals surface area contributed by atoms with Crippen molar-refractivity contribution < 1.29 is 0 Å². The van der Waals surface area contributed by atoms with Crippen molar-refractivity contribution in [2.75, 3.05) is 18.5 Å². The van der Waals surface area contributed by atoms with E-state index in [1.165, 1.54) is 0 Å². The van der Waals surface area contributed by atoms with E-state index in [0.29, 0.717) is 12.0 Å². The van der Waals surface area contributed by atoms with Crippen molar-refractivity contribution in [3.05, 3.63) is 18.0 Å². The van der Waals surface area contributed by atoms with Gasteiger partial charge in [-0.2, -0.15) is 0 Å². The van der Waals surface area contributed by atoms with Crippen LogP contribution >= 0.6 is 0 Å². The summed E-state index contributed by atoms with van der Waals surface area (Å²) in [5.41, 5.74) is 1.33. The van der Waals surface area contributed by atoms with Crippen LogP contribution in [0.5, 0.6) is 0 Å². The van der Waals surface area contributed by atoms with E-state index in [0.717, 1.165) is 24.6 Å². The van der Waals surface area contributed by atoms with Crippen LogP contribution in [0.15, 0.2) is 12.4 Å². The molecule has 0 radical (unpaired) electrons. The molecule has 1 unspecified atom stereocenters. The molecular formula is C16H30N4. The second-order valence-corrected chi connectivity index (χ2v) is 7.07. The average molecular weight is 278 g/mol.